The molecule has 1 aliphatic heterocycles. The fourth-order valence-electron chi connectivity index (χ4n) is 3.17. The molecule has 0 bridgehead atoms. The van der Waals surface area contributed by atoms with E-state index in [9.17, 15) is 18.0 Å². The third kappa shape index (κ3) is 4.88. The van der Waals surface area contributed by atoms with Gasteiger partial charge in [-0.3, -0.25) is 9.80 Å². The average Bonchev–Trinajstić information content (AvgIpc) is 3.22. The second kappa shape index (κ2) is 8.43. The number of nitrogens with zero attached hydrogens (tertiary/aromatic N) is 4. The Hall–Kier alpha value is -3.33. The van der Waals surface area contributed by atoms with E-state index in [2.05, 4.69) is 10.2 Å². The molecule has 10 heteroatoms. The molecule has 0 N–H and O–H groups in total. The minimum absolute atomic E-state index is 0.0821. The van der Waals surface area contributed by atoms with Crippen LogP contribution in [0.5, 0.6) is 5.75 Å². The van der Waals surface area contributed by atoms with E-state index in [0.29, 0.717) is 17.1 Å². The molecule has 0 radical (unpaired) electrons. The fourth-order valence-corrected chi connectivity index (χ4v) is 3.35. The van der Waals surface area contributed by atoms with E-state index in [1.54, 1.807) is 41.6 Å². The van der Waals surface area contributed by atoms with E-state index in [1.807, 2.05) is 6.07 Å². The molecule has 4 rings (SSSR count). The van der Waals surface area contributed by atoms with Crippen molar-refractivity contribution < 1.29 is 17.9 Å². The summed E-state index contributed by atoms with van der Waals surface area (Å²) >= 11 is 6.08. The highest BCUT2D eigenvalue weighted by Gasteiger charge is 2.29. The first-order valence-corrected chi connectivity index (χ1v) is 9.65. The Morgan fingerprint density at radius 2 is 1.87 bits per heavy atom. The van der Waals surface area contributed by atoms with Gasteiger partial charge in [0, 0.05) is 29.9 Å². The third-order valence-electron chi connectivity index (χ3n) is 4.56. The van der Waals surface area contributed by atoms with Gasteiger partial charge in [0.25, 0.3) is 0 Å². The molecular formula is C21H16ClF3N4O2. The van der Waals surface area contributed by atoms with Gasteiger partial charge in [-0.05, 0) is 42.5 Å². The second-order valence-corrected chi connectivity index (χ2v) is 7.22. The van der Waals surface area contributed by atoms with Gasteiger partial charge >= 0.3 is 6.18 Å². The van der Waals surface area contributed by atoms with Crippen molar-refractivity contribution in [2.24, 2.45) is 5.10 Å². The van der Waals surface area contributed by atoms with Crippen molar-refractivity contribution in [2.45, 2.75) is 18.6 Å². The van der Waals surface area contributed by atoms with Gasteiger partial charge in [0.15, 0.2) is 6.61 Å². The molecular weight excluding hydrogens is 433 g/mol. The van der Waals surface area contributed by atoms with Crippen LogP contribution in [0.3, 0.4) is 0 Å². The number of anilines is 1. The van der Waals surface area contributed by atoms with Gasteiger partial charge in [-0.2, -0.15) is 23.4 Å². The molecule has 2 heterocycles. The predicted octanol–water partition coefficient (Wildman–Crippen LogP) is 4.76. The first-order chi connectivity index (χ1) is 14.8. The first kappa shape index (κ1) is 20.9. The third-order valence-corrected chi connectivity index (χ3v) is 4.79. The zero-order valence-electron chi connectivity index (χ0n) is 16.0. The standard InChI is InChI=1S/C21H16ClF3N4O2/c22-14-2-1-3-16(12-14)29-18(8-10-26-29)20-19(30)9-11-28(27-20)15-4-6-17(7-5-15)31-13-21(23,24)25/h1-7,9-12,18H,8,13H2. The van der Waals surface area contributed by atoms with Crippen LogP contribution in [0.2, 0.25) is 5.02 Å². The Labute approximate surface area is 180 Å². The SMILES string of the molecule is O=c1ccn(-c2ccc(OCC(F)(F)F)cc2)nc1C1CC=NN1c1cccc(Cl)c1. The summed E-state index contributed by atoms with van der Waals surface area (Å²) in [6.07, 6.45) is -0.719. The molecule has 0 fully saturated rings. The molecule has 160 valence electrons. The van der Waals surface area contributed by atoms with Crippen molar-refractivity contribution in [3.05, 3.63) is 81.7 Å². The van der Waals surface area contributed by atoms with Crippen molar-refractivity contribution in [3.8, 4) is 11.4 Å². The normalized spacial score (nSPS) is 16.0. The Balaban J connectivity index is 1.60. The van der Waals surface area contributed by atoms with Gasteiger partial charge in [0.2, 0.25) is 5.43 Å². The largest absolute Gasteiger partial charge is 0.484 e. The number of alkyl halides is 3. The quantitative estimate of drug-likeness (QED) is 0.564. The van der Waals surface area contributed by atoms with Gasteiger partial charge in [-0.1, -0.05) is 17.7 Å². The smallest absolute Gasteiger partial charge is 0.422 e. The maximum absolute atomic E-state index is 12.6. The topological polar surface area (TPSA) is 59.7 Å². The molecule has 1 aromatic heterocycles. The van der Waals surface area contributed by atoms with E-state index in [-0.39, 0.29) is 16.9 Å². The van der Waals surface area contributed by atoms with E-state index < -0.39 is 18.8 Å². The molecule has 1 atom stereocenters. The average molecular weight is 449 g/mol. The highest BCUT2D eigenvalue weighted by Crippen LogP contribution is 2.32. The van der Waals surface area contributed by atoms with Crippen LogP contribution in [-0.2, 0) is 0 Å². The summed E-state index contributed by atoms with van der Waals surface area (Å²) < 4.78 is 43.1. The monoisotopic (exact) mass is 448 g/mol. The van der Waals surface area contributed by atoms with Crippen LogP contribution in [0.1, 0.15) is 18.2 Å². The number of halogens is 4. The summed E-state index contributed by atoms with van der Waals surface area (Å²) in [5.41, 5.74) is 1.34. The van der Waals surface area contributed by atoms with Crippen LogP contribution in [0.25, 0.3) is 5.69 Å². The predicted molar refractivity (Wildman–Crippen MR) is 111 cm³/mol. The Bertz CT molecular complexity index is 1160. The summed E-state index contributed by atoms with van der Waals surface area (Å²) in [6.45, 7) is -1.37. The minimum Gasteiger partial charge on any atom is -0.484 e. The van der Waals surface area contributed by atoms with Crippen LogP contribution >= 0.6 is 11.6 Å². The van der Waals surface area contributed by atoms with Gasteiger partial charge in [-0.15, -0.1) is 0 Å². The molecule has 0 saturated heterocycles. The molecule has 1 aliphatic rings. The van der Waals surface area contributed by atoms with E-state index >= 15 is 0 Å². The van der Waals surface area contributed by atoms with Crippen molar-refractivity contribution in [2.75, 3.05) is 11.6 Å². The van der Waals surface area contributed by atoms with Gasteiger partial charge in [0.1, 0.15) is 17.5 Å². The lowest BCUT2D eigenvalue weighted by Crippen LogP contribution is -2.27. The van der Waals surface area contributed by atoms with Crippen LogP contribution < -0.4 is 15.2 Å². The number of aromatic nitrogens is 2. The molecule has 0 spiro atoms. The van der Waals surface area contributed by atoms with Crippen LogP contribution in [-0.4, -0.2) is 28.8 Å². The first-order valence-electron chi connectivity index (χ1n) is 9.27. The molecule has 6 nitrogen and oxygen atoms in total. The van der Waals surface area contributed by atoms with Crippen molar-refractivity contribution >= 4 is 23.5 Å². The van der Waals surface area contributed by atoms with Crippen LogP contribution in [0.4, 0.5) is 18.9 Å². The number of rotatable bonds is 5. The number of hydrazone groups is 1. The number of hydrogen-bond acceptors (Lipinski definition) is 5. The molecule has 31 heavy (non-hydrogen) atoms. The molecule has 0 amide bonds. The summed E-state index contributed by atoms with van der Waals surface area (Å²) in [5.74, 6) is 0.0821. The lowest BCUT2D eigenvalue weighted by Gasteiger charge is -2.23. The van der Waals surface area contributed by atoms with Crippen LogP contribution in [0.15, 0.2) is 70.7 Å². The minimum atomic E-state index is -4.41. The second-order valence-electron chi connectivity index (χ2n) is 6.78. The highest BCUT2D eigenvalue weighted by atomic mass is 35.5. The molecule has 1 unspecified atom stereocenters. The highest BCUT2D eigenvalue weighted by molar-refractivity contribution is 6.30. The maximum Gasteiger partial charge on any atom is 0.422 e. The van der Waals surface area contributed by atoms with E-state index in [0.717, 1.165) is 5.69 Å². The molecule has 0 aliphatic carbocycles. The Morgan fingerprint density at radius 3 is 2.58 bits per heavy atom. The molecule has 2 aromatic carbocycles. The van der Waals surface area contributed by atoms with Crippen molar-refractivity contribution in [3.63, 3.8) is 0 Å². The lowest BCUT2D eigenvalue weighted by atomic mass is 10.1. The van der Waals surface area contributed by atoms with E-state index in [4.69, 9.17) is 16.3 Å². The van der Waals surface area contributed by atoms with Crippen LogP contribution in [0, 0.1) is 0 Å². The van der Waals surface area contributed by atoms with E-state index in [1.165, 1.54) is 29.1 Å². The number of hydrogen-bond donors (Lipinski definition) is 0. The summed E-state index contributed by atoms with van der Waals surface area (Å²) in [7, 11) is 0. The fraction of sp³-hybridized carbons (Fsp3) is 0.190. The molecule has 3 aromatic rings. The van der Waals surface area contributed by atoms with Gasteiger partial charge in [0.05, 0.1) is 11.4 Å². The Kier molecular flexibility index (Phi) is 5.69. The van der Waals surface area contributed by atoms with Crippen molar-refractivity contribution in [1.82, 2.24) is 9.78 Å². The van der Waals surface area contributed by atoms with Gasteiger partial charge in [-0.25, -0.2) is 4.68 Å². The lowest BCUT2D eigenvalue weighted by molar-refractivity contribution is -0.153. The Morgan fingerprint density at radius 1 is 1.10 bits per heavy atom. The molecule has 0 saturated carbocycles. The summed E-state index contributed by atoms with van der Waals surface area (Å²) in [4.78, 5) is 12.6. The van der Waals surface area contributed by atoms with Gasteiger partial charge < -0.3 is 4.74 Å². The summed E-state index contributed by atoms with van der Waals surface area (Å²) in [6, 6.07) is 14.1. The summed E-state index contributed by atoms with van der Waals surface area (Å²) in [5, 5.41) is 11.1. The maximum atomic E-state index is 12.6. The van der Waals surface area contributed by atoms with Crippen molar-refractivity contribution in [1.29, 1.82) is 0 Å². The zero-order valence-corrected chi connectivity index (χ0v) is 16.7. The number of ether oxygens (including phenoxy) is 1. The zero-order chi connectivity index (χ0) is 22.0. The number of benzene rings is 2.